The van der Waals surface area contributed by atoms with E-state index in [0.717, 1.165) is 53.9 Å². The average molecular weight is 506 g/mol. The van der Waals surface area contributed by atoms with Crippen LogP contribution < -0.4 is 20.9 Å². The third kappa shape index (κ3) is 5.64. The van der Waals surface area contributed by atoms with Crippen LogP contribution in [0.1, 0.15) is 27.9 Å². The second kappa shape index (κ2) is 10.8. The normalized spacial score (nSPS) is 15.1. The molecule has 1 aliphatic heterocycles. The quantitative estimate of drug-likeness (QED) is 0.382. The Hall–Kier alpha value is -4.18. The molecule has 0 saturated carbocycles. The molecule has 0 bridgehead atoms. The molecule has 2 N–H and O–H groups in total. The summed E-state index contributed by atoms with van der Waals surface area (Å²) in [5.41, 5.74) is 1.22. The van der Waals surface area contributed by atoms with Gasteiger partial charge in [0.15, 0.2) is 11.6 Å². The third-order valence-corrected chi connectivity index (χ3v) is 6.34. The Kier molecular flexibility index (Phi) is 7.18. The molecule has 10 heteroatoms. The van der Waals surface area contributed by atoms with Crippen molar-refractivity contribution in [1.82, 2.24) is 25.2 Å². The van der Waals surface area contributed by atoms with Gasteiger partial charge in [-0.25, -0.2) is 13.8 Å². The van der Waals surface area contributed by atoms with Crippen LogP contribution in [0.25, 0.3) is 10.9 Å². The molecule has 8 nitrogen and oxygen atoms in total. The van der Waals surface area contributed by atoms with Crippen LogP contribution in [-0.4, -0.2) is 40.1 Å². The van der Waals surface area contributed by atoms with E-state index in [1.54, 1.807) is 6.20 Å². The maximum Gasteiger partial charge on any atom is 0.266 e. The third-order valence-electron chi connectivity index (χ3n) is 6.34. The summed E-state index contributed by atoms with van der Waals surface area (Å²) >= 11 is 0. The van der Waals surface area contributed by atoms with Crippen LogP contribution in [0.2, 0.25) is 0 Å². The zero-order valence-electron chi connectivity index (χ0n) is 19.9. The maximum absolute atomic E-state index is 13.5. The molecule has 4 aromatic rings. The highest BCUT2D eigenvalue weighted by molar-refractivity contribution is 5.93. The van der Waals surface area contributed by atoms with Gasteiger partial charge >= 0.3 is 0 Å². The SMILES string of the molecule is O=C(NCc1ccc2nccc(OCC3CCNC3)c2c1)c1cncn(Cc2ccc(F)c(F)c2)c1=O. The number of rotatable bonds is 8. The monoisotopic (exact) mass is 505 g/mol. The lowest BCUT2D eigenvalue weighted by molar-refractivity contribution is 0.0948. The summed E-state index contributed by atoms with van der Waals surface area (Å²) in [6.45, 7) is 2.68. The van der Waals surface area contributed by atoms with E-state index in [1.807, 2.05) is 24.3 Å². The highest BCUT2D eigenvalue weighted by atomic mass is 19.2. The van der Waals surface area contributed by atoms with E-state index in [-0.39, 0.29) is 18.7 Å². The van der Waals surface area contributed by atoms with Crippen molar-refractivity contribution in [3.63, 3.8) is 0 Å². The predicted molar refractivity (Wildman–Crippen MR) is 133 cm³/mol. The summed E-state index contributed by atoms with van der Waals surface area (Å²) in [4.78, 5) is 34.0. The van der Waals surface area contributed by atoms with Crippen LogP contribution in [0.15, 0.2) is 66.0 Å². The molecule has 5 rings (SSSR count). The van der Waals surface area contributed by atoms with Crippen LogP contribution in [0, 0.1) is 17.6 Å². The Morgan fingerprint density at radius 2 is 2.00 bits per heavy atom. The molecule has 1 unspecified atom stereocenters. The highest BCUT2D eigenvalue weighted by Gasteiger charge is 2.17. The molecule has 2 aromatic heterocycles. The molecular weight excluding hydrogens is 480 g/mol. The highest BCUT2D eigenvalue weighted by Crippen LogP contribution is 2.26. The molecule has 1 saturated heterocycles. The number of hydrogen-bond acceptors (Lipinski definition) is 6. The number of aromatic nitrogens is 3. The van der Waals surface area contributed by atoms with Crippen molar-refractivity contribution in [1.29, 1.82) is 0 Å². The van der Waals surface area contributed by atoms with Crippen molar-refractivity contribution in [3.8, 4) is 5.75 Å². The van der Waals surface area contributed by atoms with E-state index >= 15 is 0 Å². The number of fused-ring (bicyclic) bond motifs is 1. The molecular formula is C27H25F2N5O3. The number of amides is 1. The number of hydrogen-bond donors (Lipinski definition) is 2. The molecule has 37 heavy (non-hydrogen) atoms. The first-order valence-electron chi connectivity index (χ1n) is 12.0. The molecule has 1 amide bonds. The number of pyridine rings is 1. The van der Waals surface area contributed by atoms with Gasteiger partial charge in [-0.15, -0.1) is 0 Å². The van der Waals surface area contributed by atoms with Crippen LogP contribution in [0.3, 0.4) is 0 Å². The van der Waals surface area contributed by atoms with Gasteiger partial charge in [0.1, 0.15) is 11.3 Å². The molecule has 0 spiro atoms. The molecule has 0 radical (unpaired) electrons. The lowest BCUT2D eigenvalue weighted by Crippen LogP contribution is -2.33. The molecule has 3 heterocycles. The topological polar surface area (TPSA) is 98.1 Å². The van der Waals surface area contributed by atoms with Gasteiger partial charge in [-0.2, -0.15) is 0 Å². The summed E-state index contributed by atoms with van der Waals surface area (Å²) in [7, 11) is 0. The Balaban J connectivity index is 1.28. The fourth-order valence-electron chi connectivity index (χ4n) is 4.30. The van der Waals surface area contributed by atoms with Crippen molar-refractivity contribution >= 4 is 16.8 Å². The van der Waals surface area contributed by atoms with Crippen molar-refractivity contribution in [2.45, 2.75) is 19.5 Å². The van der Waals surface area contributed by atoms with Crippen molar-refractivity contribution in [3.05, 3.63) is 99.9 Å². The van der Waals surface area contributed by atoms with Crippen molar-refractivity contribution in [2.75, 3.05) is 19.7 Å². The number of nitrogens with one attached hydrogen (secondary N) is 2. The minimum absolute atomic E-state index is 0.0540. The lowest BCUT2D eigenvalue weighted by atomic mass is 10.1. The maximum atomic E-state index is 13.5. The van der Waals surface area contributed by atoms with Crippen LogP contribution >= 0.6 is 0 Å². The summed E-state index contributed by atoms with van der Waals surface area (Å²) in [5.74, 6) is -1.37. The Labute approximate surface area is 211 Å². The fourth-order valence-corrected chi connectivity index (χ4v) is 4.30. The van der Waals surface area contributed by atoms with E-state index in [4.69, 9.17) is 4.74 Å². The van der Waals surface area contributed by atoms with Gasteiger partial charge in [0, 0.05) is 36.8 Å². The second-order valence-electron chi connectivity index (χ2n) is 9.00. The molecule has 1 aliphatic rings. The van der Waals surface area contributed by atoms with Gasteiger partial charge < -0.3 is 15.4 Å². The molecule has 1 fully saturated rings. The first-order valence-corrected chi connectivity index (χ1v) is 12.0. The Morgan fingerprint density at radius 1 is 1.14 bits per heavy atom. The van der Waals surface area contributed by atoms with E-state index in [2.05, 4.69) is 20.6 Å². The predicted octanol–water partition coefficient (Wildman–Crippen LogP) is 3.04. The second-order valence-corrected chi connectivity index (χ2v) is 9.00. The number of halogens is 2. The minimum Gasteiger partial charge on any atom is -0.492 e. The summed E-state index contributed by atoms with van der Waals surface area (Å²) < 4.78 is 34.0. The van der Waals surface area contributed by atoms with Gasteiger partial charge in [0.25, 0.3) is 11.5 Å². The Bertz CT molecular complexity index is 1500. The van der Waals surface area contributed by atoms with E-state index in [0.29, 0.717) is 18.1 Å². The van der Waals surface area contributed by atoms with Crippen LogP contribution in [0.4, 0.5) is 8.78 Å². The fraction of sp³-hybridized carbons (Fsp3) is 0.259. The number of benzene rings is 2. The van der Waals surface area contributed by atoms with E-state index in [9.17, 15) is 18.4 Å². The van der Waals surface area contributed by atoms with Crippen LogP contribution in [-0.2, 0) is 13.1 Å². The van der Waals surface area contributed by atoms with Gasteiger partial charge in [0.05, 0.1) is 25.0 Å². The lowest BCUT2D eigenvalue weighted by Gasteiger charge is -2.13. The average Bonchev–Trinajstić information content (AvgIpc) is 3.43. The smallest absolute Gasteiger partial charge is 0.266 e. The van der Waals surface area contributed by atoms with Crippen LogP contribution in [0.5, 0.6) is 5.75 Å². The zero-order chi connectivity index (χ0) is 25.8. The number of carbonyl (C=O) groups excluding carboxylic acids is 1. The Morgan fingerprint density at radius 3 is 2.81 bits per heavy atom. The van der Waals surface area contributed by atoms with E-state index in [1.165, 1.54) is 23.2 Å². The largest absolute Gasteiger partial charge is 0.492 e. The number of carbonyl (C=O) groups is 1. The minimum atomic E-state index is -1.01. The number of ether oxygens (including phenoxy) is 1. The summed E-state index contributed by atoms with van der Waals surface area (Å²) in [6.07, 6.45) is 5.23. The summed E-state index contributed by atoms with van der Waals surface area (Å²) in [5, 5.41) is 6.93. The molecule has 0 aliphatic carbocycles. The van der Waals surface area contributed by atoms with E-state index < -0.39 is 23.1 Å². The number of nitrogens with zero attached hydrogens (tertiary/aromatic N) is 3. The first kappa shape index (κ1) is 24.5. The summed E-state index contributed by atoms with van der Waals surface area (Å²) in [6, 6.07) is 10.8. The van der Waals surface area contributed by atoms with Crippen molar-refractivity contribution in [2.24, 2.45) is 5.92 Å². The standard InChI is InChI=1S/C27H25F2N5O3/c28-22-3-1-18(10-23(22)29)14-34-16-31-13-21(27(34)36)26(35)33-12-17-2-4-24-20(9-17)25(6-8-32-24)37-15-19-5-7-30-11-19/h1-4,6,8-10,13,16,19,30H,5,7,11-12,14-15H2,(H,33,35). The van der Waals surface area contributed by atoms with Gasteiger partial charge in [-0.1, -0.05) is 12.1 Å². The zero-order valence-corrected chi connectivity index (χ0v) is 19.9. The molecule has 1 atom stereocenters. The first-order chi connectivity index (χ1) is 18.0. The molecule has 190 valence electrons. The van der Waals surface area contributed by atoms with Gasteiger partial charge in [0.2, 0.25) is 0 Å². The van der Waals surface area contributed by atoms with Gasteiger partial charge in [-0.3, -0.25) is 19.1 Å². The van der Waals surface area contributed by atoms with Crippen molar-refractivity contribution < 1.29 is 18.3 Å². The van der Waals surface area contributed by atoms with Gasteiger partial charge in [-0.05, 0) is 54.4 Å². The molecule has 2 aromatic carbocycles.